The molecule has 1 amide bonds. The second-order valence-electron chi connectivity index (χ2n) is 8.54. The number of ether oxygens (including phenoxy) is 2. The molecule has 4 rings (SSSR count). The third-order valence-corrected chi connectivity index (χ3v) is 6.77. The molecule has 1 fully saturated rings. The van der Waals surface area contributed by atoms with E-state index < -0.39 is 17.8 Å². The lowest BCUT2D eigenvalue weighted by Crippen LogP contribution is -2.44. The number of rotatable bonds is 7. The molecule has 1 aliphatic heterocycles. The van der Waals surface area contributed by atoms with Crippen molar-refractivity contribution < 1.29 is 18.7 Å². The molecule has 1 atom stereocenters. The fourth-order valence-electron chi connectivity index (χ4n) is 4.02. The number of pyridine rings is 1. The number of likely N-dealkylation sites (N-methyl/N-ethyl adjacent to an activating group) is 1. The Morgan fingerprint density at radius 1 is 1.11 bits per heavy atom. The maximum absolute atomic E-state index is 13.9. The number of nitrogens with one attached hydrogen (secondary N) is 1. The van der Waals surface area contributed by atoms with Gasteiger partial charge in [-0.05, 0) is 56.4 Å². The number of halogens is 3. The Kier molecular flexibility index (Phi) is 8.18. The number of piperazine rings is 1. The minimum absolute atomic E-state index is 0.116. The Bertz CT molecular complexity index is 1230. The van der Waals surface area contributed by atoms with Crippen molar-refractivity contribution in [3.8, 4) is 11.6 Å². The average molecular weight is 533 g/mol. The first-order chi connectivity index (χ1) is 17.3. The molecule has 0 unspecified atom stereocenters. The minimum atomic E-state index is -0.700. The molecule has 2 aromatic carbocycles. The molecule has 3 aromatic rings. The van der Waals surface area contributed by atoms with Gasteiger partial charge >= 0.3 is 0 Å². The van der Waals surface area contributed by atoms with Gasteiger partial charge in [-0.15, -0.1) is 0 Å². The predicted octanol–water partition coefficient (Wildman–Crippen LogP) is 5.68. The van der Waals surface area contributed by atoms with E-state index in [1.165, 1.54) is 31.5 Å². The van der Waals surface area contributed by atoms with Gasteiger partial charge in [0.25, 0.3) is 5.91 Å². The zero-order valence-electron chi connectivity index (χ0n) is 20.2. The predicted molar refractivity (Wildman–Crippen MR) is 140 cm³/mol. The Labute approximate surface area is 219 Å². The molecule has 2 heterocycles. The van der Waals surface area contributed by atoms with Crippen molar-refractivity contribution in [1.82, 2.24) is 9.88 Å². The number of benzene rings is 2. The molecule has 1 saturated heterocycles. The summed E-state index contributed by atoms with van der Waals surface area (Å²) in [5, 5.41) is 3.03. The van der Waals surface area contributed by atoms with Crippen LogP contribution in [0.25, 0.3) is 0 Å². The van der Waals surface area contributed by atoms with Crippen LogP contribution in [-0.2, 0) is 0 Å². The number of amides is 1. The maximum Gasteiger partial charge on any atom is 0.261 e. The van der Waals surface area contributed by atoms with Gasteiger partial charge in [-0.2, -0.15) is 0 Å². The van der Waals surface area contributed by atoms with Crippen molar-refractivity contribution in [1.29, 1.82) is 0 Å². The Balaban J connectivity index is 1.49. The lowest BCUT2D eigenvalue weighted by molar-refractivity contribution is 0.102. The fourth-order valence-corrected chi connectivity index (χ4v) is 4.70. The van der Waals surface area contributed by atoms with E-state index in [4.69, 9.17) is 32.7 Å². The second kappa shape index (κ2) is 11.3. The number of methoxy groups -OCH3 is 1. The lowest BCUT2D eigenvalue weighted by Gasteiger charge is -2.34. The van der Waals surface area contributed by atoms with Crippen LogP contribution in [0.15, 0.2) is 48.7 Å². The molecule has 0 spiro atoms. The molecule has 10 heteroatoms. The fraction of sp³-hybridized carbons (Fsp3) is 0.308. The van der Waals surface area contributed by atoms with Crippen LogP contribution in [0.4, 0.5) is 15.8 Å². The molecule has 0 aliphatic carbocycles. The standard InChI is InChI=1S/C26H27Cl2FN4O3/c1-16(23-21(27)8-9-22(29)24(23)28)36-19-14-20(26(35-3)30-15-19)25(34)31-17-4-6-18(7-5-17)33-12-10-32(2)11-13-33/h4-9,14-16H,10-13H2,1-3H3,(H,31,34)/t16-/m1/s1. The molecule has 1 N–H and O–H groups in total. The van der Waals surface area contributed by atoms with Crippen LogP contribution in [0.2, 0.25) is 10.0 Å². The van der Waals surface area contributed by atoms with E-state index >= 15 is 0 Å². The summed E-state index contributed by atoms with van der Waals surface area (Å²) in [6.45, 7) is 5.63. The molecule has 190 valence electrons. The molecular weight excluding hydrogens is 506 g/mol. The monoisotopic (exact) mass is 532 g/mol. The summed E-state index contributed by atoms with van der Waals surface area (Å²) >= 11 is 12.3. The highest BCUT2D eigenvalue weighted by Gasteiger charge is 2.21. The lowest BCUT2D eigenvalue weighted by atomic mass is 10.1. The van der Waals surface area contributed by atoms with Crippen LogP contribution in [0.1, 0.15) is 28.9 Å². The zero-order chi connectivity index (χ0) is 25.8. The topological polar surface area (TPSA) is 66.9 Å². The Morgan fingerprint density at radius 3 is 2.47 bits per heavy atom. The van der Waals surface area contributed by atoms with Gasteiger partial charge in [-0.1, -0.05) is 23.2 Å². The highest BCUT2D eigenvalue weighted by Crippen LogP contribution is 2.35. The van der Waals surface area contributed by atoms with E-state index in [9.17, 15) is 9.18 Å². The number of carbonyl (C=O) groups excluding carboxylic acids is 1. The molecule has 0 saturated carbocycles. The van der Waals surface area contributed by atoms with Crippen molar-refractivity contribution in [2.24, 2.45) is 0 Å². The molecular formula is C26H27Cl2FN4O3. The maximum atomic E-state index is 13.9. The van der Waals surface area contributed by atoms with Gasteiger partial charge < -0.3 is 24.6 Å². The molecule has 0 radical (unpaired) electrons. The number of hydrogen-bond acceptors (Lipinski definition) is 6. The zero-order valence-corrected chi connectivity index (χ0v) is 21.7. The third kappa shape index (κ3) is 5.83. The van der Waals surface area contributed by atoms with Crippen molar-refractivity contribution in [2.45, 2.75) is 13.0 Å². The first-order valence-electron chi connectivity index (χ1n) is 11.5. The summed E-state index contributed by atoms with van der Waals surface area (Å²) in [4.78, 5) is 21.9. The van der Waals surface area contributed by atoms with Crippen LogP contribution in [0.5, 0.6) is 11.6 Å². The van der Waals surface area contributed by atoms with Gasteiger partial charge in [0.1, 0.15) is 23.2 Å². The van der Waals surface area contributed by atoms with E-state index in [1.54, 1.807) is 6.92 Å². The molecule has 36 heavy (non-hydrogen) atoms. The summed E-state index contributed by atoms with van der Waals surface area (Å²) < 4.78 is 25.1. The Hall–Kier alpha value is -3.07. The van der Waals surface area contributed by atoms with E-state index in [-0.39, 0.29) is 27.2 Å². The average Bonchev–Trinajstić information content (AvgIpc) is 2.87. The summed E-state index contributed by atoms with van der Waals surface area (Å²) in [5.41, 5.74) is 2.24. The number of nitrogens with zero attached hydrogens (tertiary/aromatic N) is 3. The van der Waals surface area contributed by atoms with Crippen LogP contribution in [-0.4, -0.2) is 56.1 Å². The van der Waals surface area contributed by atoms with Crippen molar-refractivity contribution in [2.75, 3.05) is 50.6 Å². The summed E-state index contributed by atoms with van der Waals surface area (Å²) in [6.07, 6.45) is 0.715. The number of carbonyl (C=O) groups is 1. The smallest absolute Gasteiger partial charge is 0.261 e. The minimum Gasteiger partial charge on any atom is -0.484 e. The molecule has 7 nitrogen and oxygen atoms in total. The normalized spacial score (nSPS) is 14.9. The molecule has 0 bridgehead atoms. The largest absolute Gasteiger partial charge is 0.484 e. The Morgan fingerprint density at radius 2 is 1.81 bits per heavy atom. The molecule has 1 aliphatic rings. The van der Waals surface area contributed by atoms with Crippen LogP contribution < -0.4 is 19.7 Å². The summed E-state index contributed by atoms with van der Waals surface area (Å²) in [5.74, 6) is -0.594. The van der Waals surface area contributed by atoms with Gasteiger partial charge in [-0.25, -0.2) is 9.37 Å². The summed E-state index contributed by atoms with van der Waals surface area (Å²) in [6, 6.07) is 11.8. The molecule has 1 aromatic heterocycles. The SMILES string of the molecule is COc1ncc(O[C@H](C)c2c(Cl)ccc(F)c2Cl)cc1C(=O)Nc1ccc(N2CCN(C)CC2)cc1. The van der Waals surface area contributed by atoms with Gasteiger partial charge in [0.05, 0.1) is 18.3 Å². The first kappa shape index (κ1) is 26.0. The van der Waals surface area contributed by atoms with Gasteiger partial charge in [-0.3, -0.25) is 4.79 Å². The third-order valence-electron chi connectivity index (χ3n) is 6.06. The van der Waals surface area contributed by atoms with E-state index in [0.29, 0.717) is 11.3 Å². The van der Waals surface area contributed by atoms with Crippen molar-refractivity contribution >= 4 is 40.5 Å². The van der Waals surface area contributed by atoms with Crippen LogP contribution in [0.3, 0.4) is 0 Å². The first-order valence-corrected chi connectivity index (χ1v) is 12.2. The van der Waals surface area contributed by atoms with Crippen molar-refractivity contribution in [3.63, 3.8) is 0 Å². The highest BCUT2D eigenvalue weighted by atomic mass is 35.5. The highest BCUT2D eigenvalue weighted by molar-refractivity contribution is 6.36. The van der Waals surface area contributed by atoms with E-state index in [0.717, 1.165) is 31.9 Å². The van der Waals surface area contributed by atoms with Crippen molar-refractivity contribution in [3.05, 3.63) is 75.7 Å². The number of hydrogen-bond donors (Lipinski definition) is 1. The van der Waals surface area contributed by atoms with E-state index in [2.05, 4.69) is 27.1 Å². The summed E-state index contributed by atoms with van der Waals surface area (Å²) in [7, 11) is 3.55. The second-order valence-corrected chi connectivity index (χ2v) is 9.32. The number of anilines is 2. The number of aromatic nitrogens is 1. The van der Waals surface area contributed by atoms with Gasteiger partial charge in [0, 0.05) is 48.1 Å². The van der Waals surface area contributed by atoms with Gasteiger partial charge in [0.15, 0.2) is 0 Å². The quantitative estimate of drug-likeness (QED) is 0.395. The van der Waals surface area contributed by atoms with Gasteiger partial charge in [0.2, 0.25) is 5.88 Å². The van der Waals surface area contributed by atoms with E-state index in [1.807, 2.05) is 24.3 Å². The van der Waals surface area contributed by atoms with Crippen LogP contribution >= 0.6 is 23.2 Å². The van der Waals surface area contributed by atoms with Crippen LogP contribution in [0, 0.1) is 5.82 Å².